The van der Waals surface area contributed by atoms with Gasteiger partial charge in [0.05, 0.1) is 17.8 Å². The van der Waals surface area contributed by atoms with E-state index in [4.69, 9.17) is 5.26 Å². The van der Waals surface area contributed by atoms with E-state index in [9.17, 15) is 0 Å². The van der Waals surface area contributed by atoms with Gasteiger partial charge in [-0.2, -0.15) is 10.4 Å². The summed E-state index contributed by atoms with van der Waals surface area (Å²) in [6.45, 7) is 2.81. The van der Waals surface area contributed by atoms with E-state index >= 15 is 0 Å². The number of aromatic nitrogens is 2. The molecule has 2 aromatic rings. The van der Waals surface area contributed by atoms with Gasteiger partial charge in [0.25, 0.3) is 0 Å². The molecule has 0 aliphatic heterocycles. The van der Waals surface area contributed by atoms with Crippen molar-refractivity contribution in [3.8, 4) is 6.07 Å². The van der Waals surface area contributed by atoms with Crippen molar-refractivity contribution in [2.75, 3.05) is 5.32 Å². The molecule has 0 aliphatic rings. The Morgan fingerprint density at radius 3 is 3.00 bits per heavy atom. The summed E-state index contributed by atoms with van der Waals surface area (Å²) >= 11 is 3.38. The molecular weight excluding hydrogens is 292 g/mol. The molecule has 1 N–H and O–H groups in total. The molecule has 5 heteroatoms. The molecule has 0 aliphatic carbocycles. The van der Waals surface area contributed by atoms with Crippen LogP contribution in [0.25, 0.3) is 0 Å². The molecule has 1 unspecified atom stereocenters. The maximum atomic E-state index is 9.13. The maximum Gasteiger partial charge on any atom is 0.103 e. The van der Waals surface area contributed by atoms with Gasteiger partial charge in [-0.25, -0.2) is 0 Å². The van der Waals surface area contributed by atoms with E-state index < -0.39 is 0 Å². The van der Waals surface area contributed by atoms with E-state index in [0.717, 1.165) is 16.7 Å². The summed E-state index contributed by atoms with van der Waals surface area (Å²) in [6.07, 6.45) is 3.68. The Balaban J connectivity index is 2.10. The predicted molar refractivity (Wildman–Crippen MR) is 74.2 cm³/mol. The van der Waals surface area contributed by atoms with Crippen LogP contribution in [-0.4, -0.2) is 15.8 Å². The third kappa shape index (κ3) is 2.90. The molecule has 0 radical (unpaired) electrons. The lowest BCUT2D eigenvalue weighted by atomic mass is 10.2. The van der Waals surface area contributed by atoms with Crippen molar-refractivity contribution in [2.45, 2.75) is 19.5 Å². The number of halogens is 1. The number of benzene rings is 1. The second-order valence-electron chi connectivity index (χ2n) is 4.05. The van der Waals surface area contributed by atoms with Crippen LogP contribution in [0.1, 0.15) is 12.5 Å². The van der Waals surface area contributed by atoms with Crippen LogP contribution in [0.3, 0.4) is 0 Å². The van der Waals surface area contributed by atoms with Crippen LogP contribution < -0.4 is 5.32 Å². The Morgan fingerprint density at radius 2 is 2.33 bits per heavy atom. The molecule has 0 fully saturated rings. The fourth-order valence-corrected chi connectivity index (χ4v) is 2.21. The van der Waals surface area contributed by atoms with E-state index in [1.54, 1.807) is 6.20 Å². The standard InChI is InChI=1S/C13H13BrN4/c1-10(9-18-7-3-6-16-18)17-13-5-2-4-12(14)11(13)8-15/h2-7,10,17H,9H2,1H3. The summed E-state index contributed by atoms with van der Waals surface area (Å²) in [5.74, 6) is 0. The molecule has 4 nitrogen and oxygen atoms in total. The zero-order valence-electron chi connectivity index (χ0n) is 9.97. The minimum Gasteiger partial charge on any atom is -0.380 e. The average Bonchev–Trinajstić information content (AvgIpc) is 2.82. The van der Waals surface area contributed by atoms with Crippen molar-refractivity contribution in [3.05, 3.63) is 46.7 Å². The number of anilines is 1. The van der Waals surface area contributed by atoms with Crippen molar-refractivity contribution in [1.82, 2.24) is 9.78 Å². The summed E-state index contributed by atoms with van der Waals surface area (Å²) in [4.78, 5) is 0. The number of hydrogen-bond acceptors (Lipinski definition) is 3. The largest absolute Gasteiger partial charge is 0.380 e. The van der Waals surface area contributed by atoms with Crippen LogP contribution in [0.4, 0.5) is 5.69 Å². The molecule has 1 atom stereocenters. The first-order valence-electron chi connectivity index (χ1n) is 5.63. The predicted octanol–water partition coefficient (Wildman–Crippen LogP) is 3.02. The number of hydrogen-bond donors (Lipinski definition) is 1. The van der Waals surface area contributed by atoms with E-state index in [0.29, 0.717) is 5.56 Å². The number of nitriles is 1. The van der Waals surface area contributed by atoms with Gasteiger partial charge in [0.1, 0.15) is 6.07 Å². The molecule has 0 spiro atoms. The average molecular weight is 305 g/mol. The molecule has 2 rings (SSSR count). The minimum absolute atomic E-state index is 0.186. The third-order valence-corrected chi connectivity index (χ3v) is 3.21. The van der Waals surface area contributed by atoms with Crippen molar-refractivity contribution in [3.63, 3.8) is 0 Å². The van der Waals surface area contributed by atoms with Gasteiger partial charge in [-0.1, -0.05) is 6.07 Å². The highest BCUT2D eigenvalue weighted by Gasteiger charge is 2.09. The Kier molecular flexibility index (Phi) is 4.00. The summed E-state index contributed by atoms with van der Waals surface area (Å²) in [6, 6.07) is 9.96. The monoisotopic (exact) mass is 304 g/mol. The van der Waals surface area contributed by atoms with Gasteiger partial charge in [-0.05, 0) is 41.1 Å². The van der Waals surface area contributed by atoms with E-state index in [1.807, 2.05) is 35.1 Å². The molecule has 1 aromatic carbocycles. The zero-order chi connectivity index (χ0) is 13.0. The van der Waals surface area contributed by atoms with Crippen LogP contribution in [0.5, 0.6) is 0 Å². The summed E-state index contributed by atoms with van der Waals surface area (Å²) in [5.41, 5.74) is 1.47. The highest BCUT2D eigenvalue weighted by atomic mass is 79.9. The molecule has 0 bridgehead atoms. The van der Waals surface area contributed by atoms with Crippen molar-refractivity contribution < 1.29 is 0 Å². The Labute approximate surface area is 114 Å². The normalized spacial score (nSPS) is 11.8. The van der Waals surface area contributed by atoms with E-state index in [-0.39, 0.29) is 6.04 Å². The van der Waals surface area contributed by atoms with Crippen molar-refractivity contribution in [1.29, 1.82) is 5.26 Å². The molecule has 0 amide bonds. The molecule has 18 heavy (non-hydrogen) atoms. The van der Waals surface area contributed by atoms with Gasteiger partial charge in [-0.3, -0.25) is 4.68 Å². The maximum absolute atomic E-state index is 9.13. The quantitative estimate of drug-likeness (QED) is 0.944. The van der Waals surface area contributed by atoms with Crippen LogP contribution >= 0.6 is 15.9 Å². The van der Waals surface area contributed by atoms with Gasteiger partial charge in [0.2, 0.25) is 0 Å². The van der Waals surface area contributed by atoms with Crippen LogP contribution in [-0.2, 0) is 6.54 Å². The van der Waals surface area contributed by atoms with Crippen molar-refractivity contribution in [2.24, 2.45) is 0 Å². The summed E-state index contributed by atoms with van der Waals surface area (Å²) in [5, 5.41) is 16.6. The highest BCUT2D eigenvalue weighted by Crippen LogP contribution is 2.24. The highest BCUT2D eigenvalue weighted by molar-refractivity contribution is 9.10. The zero-order valence-corrected chi connectivity index (χ0v) is 11.6. The van der Waals surface area contributed by atoms with E-state index in [2.05, 4.69) is 39.3 Å². The summed E-state index contributed by atoms with van der Waals surface area (Å²) in [7, 11) is 0. The molecule has 0 saturated heterocycles. The molecule has 0 saturated carbocycles. The first kappa shape index (κ1) is 12.7. The SMILES string of the molecule is CC(Cn1cccn1)Nc1cccc(Br)c1C#N. The first-order valence-corrected chi connectivity index (χ1v) is 6.42. The van der Waals surface area contributed by atoms with Gasteiger partial charge in [-0.15, -0.1) is 0 Å². The minimum atomic E-state index is 0.186. The second kappa shape index (κ2) is 5.69. The fraction of sp³-hybridized carbons (Fsp3) is 0.231. The Hall–Kier alpha value is -1.80. The van der Waals surface area contributed by atoms with Gasteiger partial charge in [0.15, 0.2) is 0 Å². The topological polar surface area (TPSA) is 53.6 Å². The Bertz CT molecular complexity index is 557. The number of rotatable bonds is 4. The molecule has 92 valence electrons. The van der Waals surface area contributed by atoms with E-state index in [1.165, 1.54) is 0 Å². The van der Waals surface area contributed by atoms with Gasteiger partial charge in [0, 0.05) is 22.9 Å². The number of nitrogens with one attached hydrogen (secondary N) is 1. The van der Waals surface area contributed by atoms with Gasteiger partial charge >= 0.3 is 0 Å². The van der Waals surface area contributed by atoms with Crippen molar-refractivity contribution >= 4 is 21.6 Å². The third-order valence-electron chi connectivity index (χ3n) is 2.55. The van der Waals surface area contributed by atoms with Crippen LogP contribution in [0, 0.1) is 11.3 Å². The molecule has 1 aromatic heterocycles. The fourth-order valence-electron chi connectivity index (χ4n) is 1.76. The van der Waals surface area contributed by atoms with Crippen LogP contribution in [0.15, 0.2) is 41.1 Å². The smallest absolute Gasteiger partial charge is 0.103 e. The molecular formula is C13H13BrN4. The van der Waals surface area contributed by atoms with Crippen LogP contribution in [0.2, 0.25) is 0 Å². The first-order chi connectivity index (χ1) is 8.70. The van der Waals surface area contributed by atoms with Gasteiger partial charge < -0.3 is 5.32 Å². The summed E-state index contributed by atoms with van der Waals surface area (Å²) < 4.78 is 2.67. The lowest BCUT2D eigenvalue weighted by Gasteiger charge is -2.16. The molecule has 1 heterocycles. The lowest BCUT2D eigenvalue weighted by Crippen LogP contribution is -2.22. The number of nitrogens with zero attached hydrogens (tertiary/aromatic N) is 3. The second-order valence-corrected chi connectivity index (χ2v) is 4.90. The lowest BCUT2D eigenvalue weighted by molar-refractivity contribution is 0.561. The Morgan fingerprint density at radius 1 is 1.50 bits per heavy atom.